The fraction of sp³-hybridized carbons (Fsp3) is 0.273. The Kier molecular flexibility index (Phi) is 8.74. The Labute approximate surface area is 111 Å². The van der Waals surface area contributed by atoms with Gasteiger partial charge in [0.2, 0.25) is 0 Å². The monoisotopic (exact) mass is 316 g/mol. The van der Waals surface area contributed by atoms with Gasteiger partial charge in [-0.15, -0.1) is 5.54 Å². The number of halogens is 1. The van der Waals surface area contributed by atoms with Crippen molar-refractivity contribution < 1.29 is 36.5 Å². The fourth-order valence-corrected chi connectivity index (χ4v) is 1.24. The van der Waals surface area contributed by atoms with Crippen molar-refractivity contribution in [3.8, 4) is 11.5 Å². The summed E-state index contributed by atoms with van der Waals surface area (Å²) in [6.45, 7) is 6.72. The van der Waals surface area contributed by atoms with Crippen molar-refractivity contribution in [1.29, 1.82) is 0 Å². The average molecular weight is 319 g/mol. The maximum atomic E-state index is 3.30. The molecule has 1 aromatic rings. The van der Waals surface area contributed by atoms with Gasteiger partial charge in [0, 0.05) is 25.0 Å². The van der Waals surface area contributed by atoms with Crippen molar-refractivity contribution in [2.45, 2.75) is 19.6 Å². The minimum Gasteiger partial charge on any atom is -1.00 e. The summed E-state index contributed by atoms with van der Waals surface area (Å²) in [6, 6.07) is 10.9. The van der Waals surface area contributed by atoms with E-state index in [0.29, 0.717) is 0 Å². The van der Waals surface area contributed by atoms with Gasteiger partial charge < -0.3 is 17.0 Å². The third kappa shape index (κ3) is 7.50. The number of hydrogen-bond acceptors (Lipinski definition) is 0. The molecule has 0 aliphatic heterocycles. The summed E-state index contributed by atoms with van der Waals surface area (Å²) in [5.41, 5.74) is 4.30. The van der Waals surface area contributed by atoms with E-state index in [2.05, 4.69) is 37.2 Å². The molecule has 0 saturated carbocycles. The minimum absolute atomic E-state index is 0. The maximum Gasteiger partial charge on any atom is 0.129 e. The smallest absolute Gasteiger partial charge is 0.129 e. The molecule has 1 radical (unpaired) electrons. The SMILES string of the molecule is C[Si](C)(C)C#Cc1[c]cccc1.[Br-].[Zn]. The van der Waals surface area contributed by atoms with Crippen LogP contribution in [0.2, 0.25) is 19.6 Å². The van der Waals surface area contributed by atoms with Gasteiger partial charge in [-0.1, -0.05) is 43.8 Å². The van der Waals surface area contributed by atoms with Gasteiger partial charge in [0.15, 0.2) is 0 Å². The van der Waals surface area contributed by atoms with Gasteiger partial charge in [-0.3, -0.25) is 0 Å². The van der Waals surface area contributed by atoms with Gasteiger partial charge in [0.05, 0.1) is 0 Å². The molecular weight excluding hydrogens is 306 g/mol. The molecule has 0 aliphatic rings. The molecule has 1 aromatic carbocycles. The van der Waals surface area contributed by atoms with Gasteiger partial charge >= 0.3 is 0 Å². The molecule has 3 heteroatoms. The molecule has 0 nitrogen and oxygen atoms in total. The molecule has 1 rings (SSSR count). The Morgan fingerprint density at radius 2 is 1.86 bits per heavy atom. The van der Waals surface area contributed by atoms with Crippen LogP contribution in [0.1, 0.15) is 5.56 Å². The van der Waals surface area contributed by atoms with Crippen LogP contribution in [0.3, 0.4) is 0 Å². The van der Waals surface area contributed by atoms with Crippen LogP contribution < -0.4 is 17.0 Å². The summed E-state index contributed by atoms with van der Waals surface area (Å²) < 4.78 is 0. The summed E-state index contributed by atoms with van der Waals surface area (Å²) in [5, 5.41) is 0. The average Bonchev–Trinajstić information content (AvgIpc) is 2.02. The number of benzene rings is 1. The Bertz CT molecular complexity index is 306. The van der Waals surface area contributed by atoms with E-state index in [1.54, 1.807) is 0 Å². The first-order valence-corrected chi connectivity index (χ1v) is 7.58. The van der Waals surface area contributed by atoms with Gasteiger partial charge in [-0.25, -0.2) is 0 Å². The first-order valence-electron chi connectivity index (χ1n) is 4.08. The standard InChI is InChI=1S/C11H13Si.BrH.Zn/c1-12(2,3)10-9-11-7-5-4-6-8-11;;/h4-7H,1-3H3;1H;/p-1. The summed E-state index contributed by atoms with van der Waals surface area (Å²) in [5.74, 6) is 3.14. The molecule has 0 unspecified atom stereocenters. The maximum absolute atomic E-state index is 3.30. The molecule has 0 spiro atoms. The molecular formula is C11H13BrSiZn-. The largest absolute Gasteiger partial charge is 1.00 e. The Hall–Kier alpha value is 0.100. The zero-order valence-electron chi connectivity index (χ0n) is 8.89. The van der Waals surface area contributed by atoms with E-state index < -0.39 is 8.07 Å². The third-order valence-electron chi connectivity index (χ3n) is 1.28. The Morgan fingerprint density at radius 1 is 1.21 bits per heavy atom. The number of rotatable bonds is 0. The van der Waals surface area contributed by atoms with Crippen molar-refractivity contribution >= 4 is 8.07 Å². The van der Waals surface area contributed by atoms with E-state index in [4.69, 9.17) is 0 Å². The van der Waals surface area contributed by atoms with E-state index in [1.807, 2.05) is 24.3 Å². The van der Waals surface area contributed by atoms with Crippen LogP contribution in [0.5, 0.6) is 0 Å². The van der Waals surface area contributed by atoms with Crippen molar-refractivity contribution in [2.24, 2.45) is 0 Å². The quantitative estimate of drug-likeness (QED) is 0.456. The van der Waals surface area contributed by atoms with Crippen LogP contribution in [0, 0.1) is 17.5 Å². The van der Waals surface area contributed by atoms with Crippen LogP contribution in [-0.4, -0.2) is 8.07 Å². The summed E-state index contributed by atoms with van der Waals surface area (Å²) in [6.07, 6.45) is 0. The first-order chi connectivity index (χ1) is 5.58. The van der Waals surface area contributed by atoms with Crippen LogP contribution in [0.25, 0.3) is 0 Å². The predicted molar refractivity (Wildman–Crippen MR) is 55.5 cm³/mol. The van der Waals surface area contributed by atoms with Crippen LogP contribution in [0.4, 0.5) is 0 Å². The second-order valence-corrected chi connectivity index (χ2v) is 8.53. The number of hydrogen-bond donors (Lipinski definition) is 0. The Morgan fingerprint density at radius 3 is 2.29 bits per heavy atom. The van der Waals surface area contributed by atoms with E-state index in [-0.39, 0.29) is 36.5 Å². The topological polar surface area (TPSA) is 0 Å². The molecule has 0 bridgehead atoms. The first kappa shape index (κ1) is 16.5. The molecule has 71 valence electrons. The van der Waals surface area contributed by atoms with Gasteiger partial charge in [0.1, 0.15) is 8.07 Å². The van der Waals surface area contributed by atoms with Crippen molar-refractivity contribution in [3.63, 3.8) is 0 Å². The van der Waals surface area contributed by atoms with Crippen LogP contribution >= 0.6 is 0 Å². The molecule has 0 amide bonds. The molecule has 0 heterocycles. The van der Waals surface area contributed by atoms with E-state index >= 15 is 0 Å². The van der Waals surface area contributed by atoms with Crippen LogP contribution in [-0.2, 0) is 19.5 Å². The third-order valence-corrected chi connectivity index (χ3v) is 2.16. The van der Waals surface area contributed by atoms with E-state index in [9.17, 15) is 0 Å². The van der Waals surface area contributed by atoms with E-state index in [0.717, 1.165) is 5.56 Å². The zero-order valence-corrected chi connectivity index (χ0v) is 14.4. The van der Waals surface area contributed by atoms with Crippen LogP contribution in [0.15, 0.2) is 24.3 Å². The fourth-order valence-electron chi connectivity index (χ4n) is 0.726. The van der Waals surface area contributed by atoms with Crippen molar-refractivity contribution in [2.75, 3.05) is 0 Å². The minimum atomic E-state index is -1.22. The molecule has 0 saturated heterocycles. The molecule has 0 aromatic heterocycles. The molecule has 14 heavy (non-hydrogen) atoms. The predicted octanol–water partition coefficient (Wildman–Crippen LogP) is -0.283. The molecule has 0 aliphatic carbocycles. The van der Waals surface area contributed by atoms with Gasteiger partial charge in [-0.05, 0) is 12.1 Å². The van der Waals surface area contributed by atoms with Crippen molar-refractivity contribution in [3.05, 3.63) is 35.9 Å². The summed E-state index contributed by atoms with van der Waals surface area (Å²) >= 11 is 0. The second-order valence-electron chi connectivity index (χ2n) is 3.78. The molecule has 0 N–H and O–H groups in total. The molecule has 0 fully saturated rings. The van der Waals surface area contributed by atoms with Gasteiger partial charge in [-0.2, -0.15) is 0 Å². The summed E-state index contributed by atoms with van der Waals surface area (Å²) in [7, 11) is -1.22. The zero-order chi connectivity index (χ0) is 9.03. The summed E-state index contributed by atoms with van der Waals surface area (Å²) in [4.78, 5) is 0. The van der Waals surface area contributed by atoms with Gasteiger partial charge in [0.25, 0.3) is 0 Å². The Balaban J connectivity index is 0. The molecule has 0 atom stereocenters. The van der Waals surface area contributed by atoms with E-state index in [1.165, 1.54) is 0 Å². The van der Waals surface area contributed by atoms with Crippen molar-refractivity contribution in [1.82, 2.24) is 0 Å². The normalized spacial score (nSPS) is 8.79. The second kappa shape index (κ2) is 7.40.